The van der Waals surface area contributed by atoms with Crippen LogP contribution in [0.2, 0.25) is 0 Å². The van der Waals surface area contributed by atoms with Crippen molar-refractivity contribution in [3.63, 3.8) is 0 Å². The molecule has 6 aliphatic carbocycles. The maximum absolute atomic E-state index is 15.0. The van der Waals surface area contributed by atoms with Crippen LogP contribution in [0.25, 0.3) is 0 Å². The van der Waals surface area contributed by atoms with Crippen LogP contribution in [0.15, 0.2) is 12.2 Å². The lowest BCUT2D eigenvalue weighted by atomic mass is 9.32. The first-order valence-corrected chi connectivity index (χ1v) is 21.5. The Balaban J connectivity index is 1.11. The second kappa shape index (κ2) is 12.8. The highest BCUT2D eigenvalue weighted by molar-refractivity contribution is 5.86. The third-order valence-corrected chi connectivity index (χ3v) is 19.2. The Morgan fingerprint density at radius 3 is 2.10 bits per heavy atom. The third-order valence-electron chi connectivity index (χ3n) is 19.2. The van der Waals surface area contributed by atoms with E-state index in [0.717, 1.165) is 77.7 Å². The van der Waals surface area contributed by atoms with E-state index in [9.17, 15) is 19.5 Å². The molecule has 1 heterocycles. The standard InChI is InChI=1S/C45H73N3O4/c1-11-47-22-24-48(25-23-47)38(51)32-27-35(41(32,6)7)46-39(52)45-19-15-30(28(2)3)37(45)31-12-13-34-42(8)17-14-29(26-36(49)50)40(4,5)33(42)16-18-44(34,10)43(31,9)20-21-45/h29-35,37H,2,11-27H2,1,3-10H3,(H,46,52)(H,49,50)/t29-,30-,31+,32-,33+,34+,35-,37+,42+,43+,44+,45-/m0/s1. The number of carboxylic acids is 1. The van der Waals surface area contributed by atoms with Crippen molar-refractivity contribution in [2.75, 3.05) is 32.7 Å². The van der Waals surface area contributed by atoms with Gasteiger partial charge in [-0.3, -0.25) is 14.4 Å². The van der Waals surface area contributed by atoms with E-state index < -0.39 is 5.97 Å². The normalized spacial score (nSPS) is 46.4. The lowest BCUT2D eigenvalue weighted by Gasteiger charge is -2.73. The third kappa shape index (κ3) is 5.36. The maximum atomic E-state index is 15.0. The molecule has 292 valence electrons. The molecule has 12 atom stereocenters. The molecule has 2 amide bonds. The van der Waals surface area contributed by atoms with Crippen LogP contribution in [0.3, 0.4) is 0 Å². The number of aliphatic carboxylic acids is 1. The van der Waals surface area contributed by atoms with Crippen molar-refractivity contribution >= 4 is 17.8 Å². The second-order valence-corrected chi connectivity index (χ2v) is 21.4. The van der Waals surface area contributed by atoms with E-state index in [2.05, 4.69) is 84.0 Å². The zero-order valence-electron chi connectivity index (χ0n) is 34.4. The molecule has 6 saturated carbocycles. The summed E-state index contributed by atoms with van der Waals surface area (Å²) in [5.41, 5.74) is 1.19. The van der Waals surface area contributed by atoms with Crippen LogP contribution in [-0.4, -0.2) is 71.5 Å². The lowest BCUT2D eigenvalue weighted by molar-refractivity contribution is -0.242. The van der Waals surface area contributed by atoms with Gasteiger partial charge in [0, 0.05) is 44.6 Å². The smallest absolute Gasteiger partial charge is 0.303 e. The number of nitrogens with one attached hydrogen (secondary N) is 1. The van der Waals surface area contributed by atoms with Crippen molar-refractivity contribution in [1.82, 2.24) is 15.1 Å². The highest BCUT2D eigenvalue weighted by Crippen LogP contribution is 2.78. The minimum absolute atomic E-state index is 0.0176. The average molecular weight is 720 g/mol. The van der Waals surface area contributed by atoms with Gasteiger partial charge in [0.15, 0.2) is 0 Å². The number of likely N-dealkylation sites (N-methyl/N-ethyl adjacent to an activating group) is 1. The van der Waals surface area contributed by atoms with Gasteiger partial charge in [-0.25, -0.2) is 0 Å². The fraction of sp³-hybridized carbons (Fsp3) is 0.889. The SMILES string of the molecule is C=C(C)[C@@H]1CC[C@]2(C(=O)N[C@H]3C[C@@H](C(=O)N4CCN(CC)CC4)C3(C)C)CC[C@]3(C)[C@H](CC[C@@H]4[C@]5(C)CC[C@@H](CC(=O)O)C(C)(C)[C@H]5CC[C@]43C)[C@@H]12. The Morgan fingerprint density at radius 2 is 1.48 bits per heavy atom. The summed E-state index contributed by atoms with van der Waals surface area (Å²) in [7, 11) is 0. The van der Waals surface area contributed by atoms with Crippen LogP contribution < -0.4 is 5.32 Å². The number of carbonyl (C=O) groups is 3. The van der Waals surface area contributed by atoms with Crippen molar-refractivity contribution in [2.24, 2.45) is 73.9 Å². The number of piperazine rings is 1. The van der Waals surface area contributed by atoms with Gasteiger partial charge in [-0.1, -0.05) is 67.5 Å². The molecule has 0 aromatic heterocycles. The maximum Gasteiger partial charge on any atom is 0.303 e. The van der Waals surface area contributed by atoms with Crippen molar-refractivity contribution in [1.29, 1.82) is 0 Å². The summed E-state index contributed by atoms with van der Waals surface area (Å²) in [6.45, 7) is 30.6. The van der Waals surface area contributed by atoms with Crippen molar-refractivity contribution in [3.8, 4) is 0 Å². The molecule has 0 bridgehead atoms. The van der Waals surface area contributed by atoms with E-state index in [0.29, 0.717) is 36.0 Å². The van der Waals surface area contributed by atoms with Gasteiger partial charge in [0.05, 0.1) is 5.41 Å². The van der Waals surface area contributed by atoms with Crippen LogP contribution in [-0.2, 0) is 14.4 Å². The summed E-state index contributed by atoms with van der Waals surface area (Å²) < 4.78 is 0. The summed E-state index contributed by atoms with van der Waals surface area (Å²) in [5.74, 6) is 2.45. The van der Waals surface area contributed by atoms with E-state index >= 15 is 0 Å². The van der Waals surface area contributed by atoms with Gasteiger partial charge in [0.2, 0.25) is 11.8 Å². The van der Waals surface area contributed by atoms with Crippen molar-refractivity contribution in [2.45, 2.75) is 145 Å². The molecule has 0 spiro atoms. The van der Waals surface area contributed by atoms with Crippen molar-refractivity contribution < 1.29 is 19.5 Å². The molecule has 7 aliphatic rings. The summed E-state index contributed by atoms with van der Waals surface area (Å²) >= 11 is 0. The van der Waals surface area contributed by atoms with E-state index in [1.807, 2.05) is 0 Å². The summed E-state index contributed by atoms with van der Waals surface area (Å²) in [5, 5.41) is 13.4. The predicted octanol–water partition coefficient (Wildman–Crippen LogP) is 8.43. The van der Waals surface area contributed by atoms with Gasteiger partial charge < -0.3 is 20.2 Å². The molecule has 1 aliphatic heterocycles. The Bertz CT molecular complexity index is 1460. The van der Waals surface area contributed by atoms with E-state index in [-0.39, 0.29) is 62.2 Å². The summed E-state index contributed by atoms with van der Waals surface area (Å²) in [6, 6.07) is 0.0289. The molecular weight excluding hydrogens is 647 g/mol. The lowest BCUT2D eigenvalue weighted by Crippen LogP contribution is -2.68. The molecule has 2 N–H and O–H groups in total. The fourth-order valence-electron chi connectivity index (χ4n) is 15.6. The first-order valence-electron chi connectivity index (χ1n) is 21.5. The first kappa shape index (κ1) is 38.4. The van der Waals surface area contributed by atoms with Gasteiger partial charge in [-0.15, -0.1) is 0 Å². The van der Waals surface area contributed by atoms with Gasteiger partial charge >= 0.3 is 5.97 Å². The molecule has 7 fully saturated rings. The molecule has 7 heteroatoms. The molecule has 7 rings (SSSR count). The van der Waals surface area contributed by atoms with Gasteiger partial charge in [-0.05, 0) is 147 Å². The predicted molar refractivity (Wildman–Crippen MR) is 207 cm³/mol. The molecular formula is C45H73N3O4. The van der Waals surface area contributed by atoms with Gasteiger partial charge in [-0.2, -0.15) is 0 Å². The molecule has 0 aromatic carbocycles. The molecule has 0 aromatic rings. The topological polar surface area (TPSA) is 90.0 Å². The van der Waals surface area contributed by atoms with Crippen LogP contribution in [0.5, 0.6) is 0 Å². The largest absolute Gasteiger partial charge is 0.481 e. The number of carboxylic acid groups (broad SMARTS) is 1. The highest BCUT2D eigenvalue weighted by atomic mass is 16.4. The second-order valence-electron chi connectivity index (χ2n) is 21.4. The minimum Gasteiger partial charge on any atom is -0.481 e. The number of hydrogen-bond donors (Lipinski definition) is 2. The molecule has 52 heavy (non-hydrogen) atoms. The molecule has 1 saturated heterocycles. The van der Waals surface area contributed by atoms with Crippen LogP contribution in [0, 0.1) is 73.9 Å². The van der Waals surface area contributed by atoms with Crippen LogP contribution in [0.1, 0.15) is 139 Å². The average Bonchev–Trinajstić information content (AvgIpc) is 3.49. The highest BCUT2D eigenvalue weighted by Gasteiger charge is 2.72. The van der Waals surface area contributed by atoms with Crippen molar-refractivity contribution in [3.05, 3.63) is 12.2 Å². The van der Waals surface area contributed by atoms with E-state index in [1.165, 1.54) is 31.3 Å². The van der Waals surface area contributed by atoms with Gasteiger partial charge in [0.1, 0.15) is 0 Å². The monoisotopic (exact) mass is 720 g/mol. The van der Waals surface area contributed by atoms with Crippen LogP contribution in [0.4, 0.5) is 0 Å². The summed E-state index contributed by atoms with van der Waals surface area (Å²) in [6.07, 6.45) is 12.0. The molecule has 0 radical (unpaired) electrons. The zero-order valence-corrected chi connectivity index (χ0v) is 34.4. The zero-order chi connectivity index (χ0) is 37.8. The number of rotatable bonds is 7. The Labute approximate surface area is 315 Å². The number of nitrogens with zero attached hydrogens (tertiary/aromatic N) is 2. The number of hydrogen-bond acceptors (Lipinski definition) is 4. The quantitative estimate of drug-likeness (QED) is 0.258. The minimum atomic E-state index is -0.649. The number of allylic oxidation sites excluding steroid dienone is 1. The summed E-state index contributed by atoms with van der Waals surface area (Å²) in [4.78, 5) is 45.1. The number of carbonyl (C=O) groups excluding carboxylic acids is 2. The van der Waals surface area contributed by atoms with E-state index in [4.69, 9.17) is 0 Å². The van der Waals surface area contributed by atoms with Gasteiger partial charge in [0.25, 0.3) is 0 Å². The molecule has 0 unspecified atom stereocenters. The Kier molecular flexibility index (Phi) is 9.47. The fourth-order valence-corrected chi connectivity index (χ4v) is 15.6. The number of amides is 2. The Morgan fingerprint density at radius 1 is 0.788 bits per heavy atom. The Hall–Kier alpha value is -1.89. The number of fused-ring (bicyclic) bond motifs is 7. The van der Waals surface area contributed by atoms with E-state index in [1.54, 1.807) is 0 Å². The molecule has 7 nitrogen and oxygen atoms in total. The first-order chi connectivity index (χ1) is 24.3. The van der Waals surface area contributed by atoms with Crippen LogP contribution >= 0.6 is 0 Å².